The lowest BCUT2D eigenvalue weighted by atomic mass is 9.86. The number of hydrogen-bond acceptors (Lipinski definition) is 3. The van der Waals surface area contributed by atoms with Crippen LogP contribution in [0.15, 0.2) is 176 Å². The first-order valence-electron chi connectivity index (χ1n) is 19.3. The summed E-state index contributed by atoms with van der Waals surface area (Å²) < 4.78 is 2.54. The molecule has 0 spiro atoms. The third-order valence-electron chi connectivity index (χ3n) is 11.4. The van der Waals surface area contributed by atoms with Gasteiger partial charge in [0.2, 0.25) is 0 Å². The van der Waals surface area contributed by atoms with Gasteiger partial charge in [0.05, 0.1) is 16.9 Å². The lowest BCUT2D eigenvalue weighted by Crippen LogP contribution is -2.12. The predicted molar refractivity (Wildman–Crippen MR) is 230 cm³/mol. The fraction of sp³-hybridized carbons (Fsp3) is 0.0577. The summed E-state index contributed by atoms with van der Waals surface area (Å²) in [6, 6.07) is 60.5. The van der Waals surface area contributed by atoms with Crippen molar-refractivity contribution in [3.8, 4) is 84.5 Å². The van der Waals surface area contributed by atoms with Crippen LogP contribution in [0.2, 0.25) is 0 Å². The largest absolute Gasteiger partial charge is 0.308 e. The van der Waals surface area contributed by atoms with E-state index in [2.05, 4.69) is 157 Å². The molecule has 4 nitrogen and oxygen atoms in total. The lowest BCUT2D eigenvalue weighted by molar-refractivity contribution is 0.713. The van der Waals surface area contributed by atoms with Crippen LogP contribution in [0.25, 0.3) is 101 Å². The lowest BCUT2D eigenvalue weighted by Gasteiger charge is -2.25. The van der Waals surface area contributed by atoms with Gasteiger partial charge in [0.25, 0.3) is 0 Å². The monoisotopic (exact) mass is 716 g/mol. The SMILES string of the molecule is CC1C=Cc2c(-c3nc(-c4ccccc4)nc(-c4ccccc4)n3)ccc(-n3c(-c4ccccc4)c4c5c(cccc53)-c3ccccc3-c3ccccc3-4)c2C1. The smallest absolute Gasteiger partial charge is 0.164 e. The van der Waals surface area contributed by atoms with E-state index in [9.17, 15) is 0 Å². The summed E-state index contributed by atoms with van der Waals surface area (Å²) in [5.41, 5.74) is 17.7. The molecule has 0 amide bonds. The van der Waals surface area contributed by atoms with Crippen LogP contribution in [0.3, 0.4) is 0 Å². The molecule has 0 fully saturated rings. The first-order chi connectivity index (χ1) is 27.7. The third-order valence-corrected chi connectivity index (χ3v) is 11.4. The van der Waals surface area contributed by atoms with Gasteiger partial charge in [-0.3, -0.25) is 0 Å². The van der Waals surface area contributed by atoms with Gasteiger partial charge in [-0.15, -0.1) is 0 Å². The number of rotatable bonds is 5. The van der Waals surface area contributed by atoms with Gasteiger partial charge in [0.1, 0.15) is 0 Å². The Hall–Kier alpha value is -7.17. The summed E-state index contributed by atoms with van der Waals surface area (Å²) in [5, 5.41) is 1.28. The van der Waals surface area contributed by atoms with E-state index >= 15 is 0 Å². The zero-order chi connectivity index (χ0) is 37.2. The number of allylic oxidation sites excluding steroid dienone is 1. The summed E-state index contributed by atoms with van der Waals surface area (Å²) in [6.45, 7) is 2.31. The van der Waals surface area contributed by atoms with Crippen LogP contribution < -0.4 is 0 Å². The zero-order valence-corrected chi connectivity index (χ0v) is 30.9. The Morgan fingerprint density at radius 1 is 0.464 bits per heavy atom. The van der Waals surface area contributed by atoms with Gasteiger partial charge in [-0.25, -0.2) is 15.0 Å². The molecule has 2 heterocycles. The highest BCUT2D eigenvalue weighted by Crippen LogP contribution is 2.53. The molecule has 0 radical (unpaired) electrons. The van der Waals surface area contributed by atoms with E-state index in [0.717, 1.165) is 28.7 Å². The first kappa shape index (κ1) is 32.3. The molecule has 0 saturated heterocycles. The Labute approximate surface area is 326 Å². The van der Waals surface area contributed by atoms with E-state index in [1.54, 1.807) is 0 Å². The zero-order valence-electron chi connectivity index (χ0n) is 30.9. The Bertz CT molecular complexity index is 2940. The molecule has 2 aromatic heterocycles. The molecule has 7 aromatic carbocycles. The van der Waals surface area contributed by atoms with Gasteiger partial charge in [0, 0.05) is 27.6 Å². The Morgan fingerprint density at radius 2 is 0.982 bits per heavy atom. The van der Waals surface area contributed by atoms with Crippen molar-refractivity contribution in [2.45, 2.75) is 13.3 Å². The number of benzene rings is 7. The van der Waals surface area contributed by atoms with E-state index < -0.39 is 0 Å². The molecule has 0 N–H and O–H groups in total. The fourth-order valence-corrected chi connectivity index (χ4v) is 8.88. The van der Waals surface area contributed by atoms with Crippen molar-refractivity contribution < 1.29 is 0 Å². The minimum absolute atomic E-state index is 0.359. The topological polar surface area (TPSA) is 43.6 Å². The Kier molecular flexibility index (Phi) is 7.49. The standard InChI is InChI=1S/C52H36N4/c1-33-28-29-40-43(52-54-50(35-18-7-3-8-19-35)53-51(55-52)36-20-9-4-10-21-36)30-31-45(44(40)32-33)56-46-27-15-26-41-38-23-12-11-22-37(38)39-24-13-14-25-42(39)48(47(41)46)49(56)34-16-5-2-6-17-34/h2-31,33H,32H2,1H3. The second-order valence-corrected chi connectivity index (χ2v) is 14.8. The van der Waals surface area contributed by atoms with Crippen LogP contribution in [0, 0.1) is 5.92 Å². The minimum Gasteiger partial charge on any atom is -0.308 e. The van der Waals surface area contributed by atoms with E-state index in [1.807, 2.05) is 36.4 Å². The summed E-state index contributed by atoms with van der Waals surface area (Å²) in [4.78, 5) is 15.3. The Balaban J connectivity index is 1.22. The van der Waals surface area contributed by atoms with Gasteiger partial charge < -0.3 is 4.57 Å². The number of hydrogen-bond donors (Lipinski definition) is 0. The average molecular weight is 717 g/mol. The quantitative estimate of drug-likeness (QED) is 0.178. The highest BCUT2D eigenvalue weighted by Gasteiger charge is 2.31. The molecule has 0 aliphatic heterocycles. The van der Waals surface area contributed by atoms with E-state index in [1.165, 1.54) is 66.8 Å². The molecule has 0 saturated carbocycles. The number of nitrogens with zero attached hydrogens (tertiary/aromatic N) is 4. The summed E-state index contributed by atoms with van der Waals surface area (Å²) in [6.07, 6.45) is 5.51. The minimum atomic E-state index is 0.359. The van der Waals surface area contributed by atoms with Crippen LogP contribution in [0.5, 0.6) is 0 Å². The van der Waals surface area contributed by atoms with Crippen LogP contribution in [0.4, 0.5) is 0 Å². The van der Waals surface area contributed by atoms with Crippen molar-refractivity contribution in [1.82, 2.24) is 19.5 Å². The maximum Gasteiger partial charge on any atom is 0.164 e. The molecular weight excluding hydrogens is 681 g/mol. The summed E-state index contributed by atoms with van der Waals surface area (Å²) in [5.74, 6) is 2.35. The average Bonchev–Trinajstić information content (AvgIpc) is 3.55. The van der Waals surface area contributed by atoms with Crippen LogP contribution in [0.1, 0.15) is 18.1 Å². The highest BCUT2D eigenvalue weighted by atomic mass is 15.0. The van der Waals surface area contributed by atoms with Gasteiger partial charge in [-0.2, -0.15) is 0 Å². The van der Waals surface area contributed by atoms with Crippen LogP contribution in [-0.4, -0.2) is 19.5 Å². The Morgan fingerprint density at radius 3 is 1.62 bits per heavy atom. The van der Waals surface area contributed by atoms with E-state index in [0.29, 0.717) is 23.4 Å². The fourth-order valence-electron chi connectivity index (χ4n) is 8.88. The molecule has 1 atom stereocenters. The highest BCUT2D eigenvalue weighted by molar-refractivity contribution is 6.18. The molecule has 264 valence electrons. The van der Waals surface area contributed by atoms with Gasteiger partial charge >= 0.3 is 0 Å². The van der Waals surface area contributed by atoms with Crippen molar-refractivity contribution in [2.75, 3.05) is 0 Å². The van der Waals surface area contributed by atoms with Crippen molar-refractivity contribution >= 4 is 17.0 Å². The second-order valence-electron chi connectivity index (χ2n) is 14.8. The molecule has 0 bridgehead atoms. The molecule has 1 unspecified atom stereocenters. The van der Waals surface area contributed by atoms with Crippen molar-refractivity contribution in [2.24, 2.45) is 5.92 Å². The number of fused-ring (bicyclic) bond motifs is 6. The van der Waals surface area contributed by atoms with Crippen molar-refractivity contribution in [1.29, 1.82) is 0 Å². The normalized spacial score (nSPS) is 13.8. The first-order valence-corrected chi connectivity index (χ1v) is 19.3. The second kappa shape index (κ2) is 13.0. The van der Waals surface area contributed by atoms with E-state index in [4.69, 9.17) is 15.0 Å². The summed E-state index contributed by atoms with van der Waals surface area (Å²) >= 11 is 0. The molecule has 4 heteroatoms. The predicted octanol–water partition coefficient (Wildman–Crippen LogP) is 13.0. The van der Waals surface area contributed by atoms with Crippen LogP contribution in [-0.2, 0) is 6.42 Å². The molecular formula is C52H36N4. The third kappa shape index (κ3) is 5.10. The molecule has 11 rings (SSSR count). The van der Waals surface area contributed by atoms with E-state index in [-0.39, 0.29) is 0 Å². The molecule has 56 heavy (non-hydrogen) atoms. The van der Waals surface area contributed by atoms with Gasteiger partial charge in [0.15, 0.2) is 17.5 Å². The number of aromatic nitrogens is 4. The van der Waals surface area contributed by atoms with Gasteiger partial charge in [-0.1, -0.05) is 171 Å². The maximum atomic E-state index is 5.18. The summed E-state index contributed by atoms with van der Waals surface area (Å²) in [7, 11) is 0. The van der Waals surface area contributed by atoms with Crippen molar-refractivity contribution in [3.63, 3.8) is 0 Å². The van der Waals surface area contributed by atoms with Gasteiger partial charge in [-0.05, 0) is 75.0 Å². The van der Waals surface area contributed by atoms with Crippen molar-refractivity contribution in [3.05, 3.63) is 187 Å². The maximum absolute atomic E-state index is 5.18. The molecule has 9 aromatic rings. The molecule has 2 aliphatic carbocycles. The van der Waals surface area contributed by atoms with Crippen LogP contribution >= 0.6 is 0 Å². The molecule has 2 aliphatic rings.